The molecule has 3 aromatic rings. The summed E-state index contributed by atoms with van der Waals surface area (Å²) in [4.78, 5) is 5.56. The molecule has 0 N–H and O–H groups in total. The van der Waals surface area contributed by atoms with Crippen LogP contribution in [0.3, 0.4) is 0 Å². The zero-order valence-electron chi connectivity index (χ0n) is 13.3. The predicted octanol–water partition coefficient (Wildman–Crippen LogP) is 3.77. The van der Waals surface area contributed by atoms with E-state index >= 15 is 0 Å². The summed E-state index contributed by atoms with van der Waals surface area (Å²) in [5.74, 6) is 0.897. The van der Waals surface area contributed by atoms with Crippen molar-refractivity contribution in [3.63, 3.8) is 0 Å². The predicted molar refractivity (Wildman–Crippen MR) is 93.8 cm³/mol. The van der Waals surface area contributed by atoms with E-state index in [4.69, 9.17) is 4.42 Å². The maximum absolute atomic E-state index is 12.7. The third kappa shape index (κ3) is 2.76. The molecule has 1 aromatic carbocycles. The highest BCUT2D eigenvalue weighted by atomic mass is 32.2. The van der Waals surface area contributed by atoms with Crippen molar-refractivity contribution in [2.24, 2.45) is 0 Å². The van der Waals surface area contributed by atoms with Gasteiger partial charge in [0.2, 0.25) is 0 Å². The van der Waals surface area contributed by atoms with Crippen molar-refractivity contribution in [1.82, 2.24) is 9.29 Å². The van der Waals surface area contributed by atoms with Crippen molar-refractivity contribution in [2.75, 3.05) is 13.1 Å². The third-order valence-electron chi connectivity index (χ3n) is 4.42. The summed E-state index contributed by atoms with van der Waals surface area (Å²) in [6, 6.07) is 11.2. The van der Waals surface area contributed by atoms with Gasteiger partial charge in [0.25, 0.3) is 10.0 Å². The zero-order valence-corrected chi connectivity index (χ0v) is 14.9. The number of para-hydroxylation sites is 2. The highest BCUT2D eigenvalue weighted by Gasteiger charge is 2.32. The van der Waals surface area contributed by atoms with E-state index in [9.17, 15) is 8.42 Å². The Morgan fingerprint density at radius 1 is 1.17 bits per heavy atom. The van der Waals surface area contributed by atoms with Gasteiger partial charge < -0.3 is 4.42 Å². The molecule has 1 fully saturated rings. The van der Waals surface area contributed by atoms with Crippen LogP contribution in [0.5, 0.6) is 0 Å². The van der Waals surface area contributed by atoms with E-state index in [1.165, 1.54) is 11.3 Å². The maximum Gasteiger partial charge on any atom is 0.252 e. The fourth-order valence-corrected chi connectivity index (χ4v) is 5.99. The lowest BCUT2D eigenvalue weighted by molar-refractivity contribution is 0.294. The van der Waals surface area contributed by atoms with Crippen LogP contribution >= 0.6 is 11.3 Å². The number of fused-ring (bicyclic) bond motifs is 1. The highest BCUT2D eigenvalue weighted by Crippen LogP contribution is 2.33. The van der Waals surface area contributed by atoms with Gasteiger partial charge in [-0.15, -0.1) is 11.3 Å². The van der Waals surface area contributed by atoms with E-state index in [1.54, 1.807) is 10.4 Å². The van der Waals surface area contributed by atoms with Gasteiger partial charge in [-0.05, 0) is 44.0 Å². The molecule has 1 saturated heterocycles. The van der Waals surface area contributed by atoms with Crippen LogP contribution in [0.25, 0.3) is 11.1 Å². The highest BCUT2D eigenvalue weighted by molar-refractivity contribution is 7.91. The summed E-state index contributed by atoms with van der Waals surface area (Å²) < 4.78 is 33.2. The van der Waals surface area contributed by atoms with Crippen molar-refractivity contribution < 1.29 is 12.8 Å². The van der Waals surface area contributed by atoms with Crippen molar-refractivity contribution in [3.8, 4) is 0 Å². The van der Waals surface area contributed by atoms with Crippen molar-refractivity contribution in [2.45, 2.75) is 29.9 Å². The molecule has 0 saturated carbocycles. The summed E-state index contributed by atoms with van der Waals surface area (Å²) in [7, 11) is -3.37. The molecule has 2 aromatic heterocycles. The Morgan fingerprint density at radius 2 is 1.92 bits per heavy atom. The number of benzene rings is 1. The Morgan fingerprint density at radius 3 is 2.58 bits per heavy atom. The largest absolute Gasteiger partial charge is 0.440 e. The topological polar surface area (TPSA) is 63.4 Å². The van der Waals surface area contributed by atoms with Crippen LogP contribution in [0.15, 0.2) is 45.0 Å². The second-order valence-corrected chi connectivity index (χ2v) is 9.52. The van der Waals surface area contributed by atoms with Crippen molar-refractivity contribution in [1.29, 1.82) is 0 Å². The Balaban J connectivity index is 1.50. The number of aryl methyl sites for hydroxylation is 1. The summed E-state index contributed by atoms with van der Waals surface area (Å²) >= 11 is 1.33. The third-order valence-corrected chi connectivity index (χ3v) is 7.79. The molecule has 0 spiro atoms. The average Bonchev–Trinajstić information content (AvgIpc) is 3.21. The molecule has 24 heavy (non-hydrogen) atoms. The molecule has 0 atom stereocenters. The molecule has 126 valence electrons. The molecule has 0 amide bonds. The SMILES string of the molecule is Cc1ccc(S(=O)(=O)N2CCC(c3nc4ccccc4o3)CC2)s1. The fraction of sp³-hybridized carbons (Fsp3) is 0.353. The van der Waals surface area contributed by atoms with Crippen LogP contribution in [0, 0.1) is 6.92 Å². The van der Waals surface area contributed by atoms with Crippen LogP contribution in [0.1, 0.15) is 29.5 Å². The van der Waals surface area contributed by atoms with Crippen LogP contribution in [-0.2, 0) is 10.0 Å². The summed E-state index contributed by atoms with van der Waals surface area (Å²) in [5, 5.41) is 0. The first-order valence-electron chi connectivity index (χ1n) is 7.96. The minimum atomic E-state index is -3.37. The fourth-order valence-electron chi connectivity index (χ4n) is 3.09. The van der Waals surface area contributed by atoms with Crippen LogP contribution in [0.4, 0.5) is 0 Å². The first-order valence-corrected chi connectivity index (χ1v) is 10.2. The van der Waals surface area contributed by atoms with Gasteiger partial charge in [-0.2, -0.15) is 4.31 Å². The summed E-state index contributed by atoms with van der Waals surface area (Å²) in [6.07, 6.45) is 1.47. The molecule has 0 radical (unpaired) electrons. The molecular weight excluding hydrogens is 344 g/mol. The van der Waals surface area contributed by atoms with Gasteiger partial charge in [0, 0.05) is 23.9 Å². The molecule has 3 heterocycles. The van der Waals surface area contributed by atoms with Gasteiger partial charge in [-0.3, -0.25) is 0 Å². The van der Waals surface area contributed by atoms with E-state index < -0.39 is 10.0 Å². The van der Waals surface area contributed by atoms with Crippen LogP contribution < -0.4 is 0 Å². The molecule has 1 aliphatic rings. The minimum Gasteiger partial charge on any atom is -0.440 e. The smallest absolute Gasteiger partial charge is 0.252 e. The quantitative estimate of drug-likeness (QED) is 0.711. The van der Waals surface area contributed by atoms with E-state index in [2.05, 4.69) is 4.98 Å². The number of rotatable bonds is 3. The number of aromatic nitrogens is 1. The second kappa shape index (κ2) is 5.98. The monoisotopic (exact) mass is 362 g/mol. The average molecular weight is 362 g/mol. The number of nitrogens with zero attached hydrogens (tertiary/aromatic N) is 2. The number of hydrogen-bond acceptors (Lipinski definition) is 5. The molecule has 4 rings (SSSR count). The lowest BCUT2D eigenvalue weighted by Crippen LogP contribution is -2.37. The number of sulfonamides is 1. The second-order valence-electron chi connectivity index (χ2n) is 6.06. The number of oxazole rings is 1. The number of hydrogen-bond donors (Lipinski definition) is 0. The summed E-state index contributed by atoms with van der Waals surface area (Å²) in [6.45, 7) is 2.93. The number of piperidine rings is 1. The Kier molecular flexibility index (Phi) is 3.94. The molecule has 0 aliphatic carbocycles. The molecule has 7 heteroatoms. The van der Waals surface area contributed by atoms with Gasteiger partial charge in [0.15, 0.2) is 11.5 Å². The van der Waals surface area contributed by atoms with Gasteiger partial charge in [-0.1, -0.05) is 12.1 Å². The zero-order chi connectivity index (χ0) is 16.7. The van der Waals surface area contributed by atoms with E-state index in [0.717, 1.165) is 34.7 Å². The molecule has 1 aliphatic heterocycles. The van der Waals surface area contributed by atoms with Crippen LogP contribution in [-0.4, -0.2) is 30.8 Å². The van der Waals surface area contributed by atoms with Crippen molar-refractivity contribution >= 4 is 32.5 Å². The Hall–Kier alpha value is -1.70. The van der Waals surface area contributed by atoms with Gasteiger partial charge >= 0.3 is 0 Å². The van der Waals surface area contributed by atoms with Crippen LogP contribution in [0.2, 0.25) is 0 Å². The Bertz CT molecular complexity index is 934. The molecular formula is C17H18N2O3S2. The van der Waals surface area contributed by atoms with Crippen molar-refractivity contribution in [3.05, 3.63) is 47.2 Å². The van der Waals surface area contributed by atoms with E-state index in [0.29, 0.717) is 17.3 Å². The maximum atomic E-state index is 12.7. The first kappa shape index (κ1) is 15.8. The lowest BCUT2D eigenvalue weighted by atomic mass is 9.98. The first-order chi connectivity index (χ1) is 11.5. The molecule has 5 nitrogen and oxygen atoms in total. The molecule has 0 unspecified atom stereocenters. The van der Waals surface area contributed by atoms with E-state index in [-0.39, 0.29) is 5.92 Å². The minimum absolute atomic E-state index is 0.175. The standard InChI is InChI=1S/C17H18N2O3S2/c1-12-6-7-16(23-12)24(20,21)19-10-8-13(9-11-19)17-18-14-4-2-3-5-15(14)22-17/h2-7,13H,8-11H2,1H3. The lowest BCUT2D eigenvalue weighted by Gasteiger charge is -2.29. The normalized spacial score (nSPS) is 17.5. The number of thiophene rings is 1. The molecule has 0 bridgehead atoms. The van der Waals surface area contributed by atoms with Gasteiger partial charge in [0.05, 0.1) is 0 Å². The van der Waals surface area contributed by atoms with Gasteiger partial charge in [0.1, 0.15) is 9.73 Å². The Labute approximate surface area is 145 Å². The van der Waals surface area contributed by atoms with E-state index in [1.807, 2.05) is 37.3 Å². The van der Waals surface area contributed by atoms with Gasteiger partial charge in [-0.25, -0.2) is 13.4 Å². The summed E-state index contributed by atoms with van der Waals surface area (Å²) in [5.41, 5.74) is 1.65.